The van der Waals surface area contributed by atoms with Gasteiger partial charge in [-0.2, -0.15) is 5.10 Å². The van der Waals surface area contributed by atoms with Crippen molar-refractivity contribution in [1.82, 2.24) is 9.78 Å². The van der Waals surface area contributed by atoms with Gasteiger partial charge in [-0.15, -0.1) is 0 Å². The van der Waals surface area contributed by atoms with Gasteiger partial charge in [-0.25, -0.2) is 0 Å². The van der Waals surface area contributed by atoms with Crippen LogP contribution in [-0.4, -0.2) is 27.5 Å². The van der Waals surface area contributed by atoms with E-state index in [1.807, 2.05) is 41.7 Å². The molecule has 0 aliphatic carbocycles. The molecule has 1 heterocycles. The lowest BCUT2D eigenvalue weighted by atomic mass is 9.82. The molecule has 21 heavy (non-hydrogen) atoms. The van der Waals surface area contributed by atoms with Crippen molar-refractivity contribution in [3.05, 3.63) is 17.5 Å². The summed E-state index contributed by atoms with van der Waals surface area (Å²) in [4.78, 5) is 12.2. The Morgan fingerprint density at radius 3 is 2.43 bits per heavy atom. The van der Waals surface area contributed by atoms with Gasteiger partial charge < -0.3 is 9.84 Å². The van der Waals surface area contributed by atoms with Crippen LogP contribution < -0.4 is 0 Å². The first-order chi connectivity index (χ1) is 9.59. The Balaban J connectivity index is 3.21. The lowest BCUT2D eigenvalue weighted by Crippen LogP contribution is -2.30. The summed E-state index contributed by atoms with van der Waals surface area (Å²) in [5.74, 6) is -0.967. The molecule has 1 aromatic heterocycles. The number of aliphatic hydroxyl groups is 1. The molecule has 0 saturated heterocycles. The van der Waals surface area contributed by atoms with Crippen LogP contribution in [0.15, 0.2) is 6.20 Å². The van der Waals surface area contributed by atoms with E-state index in [-0.39, 0.29) is 17.3 Å². The van der Waals surface area contributed by atoms with Crippen molar-refractivity contribution in [2.75, 3.05) is 6.61 Å². The van der Waals surface area contributed by atoms with Gasteiger partial charge in [-0.05, 0) is 12.8 Å². The number of hydrogen-bond donors (Lipinski definition) is 1. The Bertz CT molecular complexity index is 486. The molecule has 0 aliphatic rings. The third kappa shape index (κ3) is 4.06. The lowest BCUT2D eigenvalue weighted by Gasteiger charge is -2.26. The molecular weight excluding hydrogens is 268 g/mol. The van der Waals surface area contributed by atoms with Crippen LogP contribution in [0, 0.1) is 11.8 Å². The molecule has 2 unspecified atom stereocenters. The number of hydrogen-bond acceptors (Lipinski definition) is 4. The zero-order chi connectivity index (χ0) is 16.4. The minimum atomic E-state index is -0.910. The molecule has 5 heteroatoms. The highest BCUT2D eigenvalue weighted by Gasteiger charge is 2.36. The van der Waals surface area contributed by atoms with Crippen molar-refractivity contribution in [2.45, 2.75) is 53.1 Å². The van der Waals surface area contributed by atoms with Gasteiger partial charge in [0.2, 0.25) is 0 Å². The Morgan fingerprint density at radius 2 is 2.00 bits per heavy atom. The van der Waals surface area contributed by atoms with E-state index in [2.05, 4.69) is 5.10 Å². The van der Waals surface area contributed by atoms with Crippen LogP contribution in [0.25, 0.3) is 0 Å². The maximum absolute atomic E-state index is 12.2. The Labute approximate surface area is 127 Å². The predicted octanol–water partition coefficient (Wildman–Crippen LogP) is 2.59. The van der Waals surface area contributed by atoms with Crippen LogP contribution in [0.2, 0.25) is 0 Å². The number of nitrogens with zero attached hydrogens (tertiary/aromatic N) is 2. The lowest BCUT2D eigenvalue weighted by molar-refractivity contribution is -0.154. The molecule has 1 rings (SSSR count). The summed E-state index contributed by atoms with van der Waals surface area (Å²) in [6.07, 6.45) is 0.881. The van der Waals surface area contributed by atoms with Crippen LogP contribution in [0.3, 0.4) is 0 Å². The number of rotatable bonds is 5. The number of carbonyl (C=O) groups is 1. The van der Waals surface area contributed by atoms with E-state index in [4.69, 9.17) is 4.74 Å². The molecule has 0 bridgehead atoms. The zero-order valence-corrected chi connectivity index (χ0v) is 14.2. The topological polar surface area (TPSA) is 64.3 Å². The van der Waals surface area contributed by atoms with Crippen molar-refractivity contribution < 1.29 is 14.6 Å². The van der Waals surface area contributed by atoms with Gasteiger partial charge in [0.25, 0.3) is 0 Å². The minimum Gasteiger partial charge on any atom is -0.466 e. The smallest absolute Gasteiger partial charge is 0.312 e. The highest BCUT2D eigenvalue weighted by molar-refractivity contribution is 5.73. The quantitative estimate of drug-likeness (QED) is 0.848. The van der Waals surface area contributed by atoms with Crippen LogP contribution in [0.4, 0.5) is 0 Å². The minimum absolute atomic E-state index is 0.0212. The largest absolute Gasteiger partial charge is 0.466 e. The van der Waals surface area contributed by atoms with Gasteiger partial charge in [0.05, 0.1) is 24.3 Å². The second kappa shape index (κ2) is 6.60. The van der Waals surface area contributed by atoms with Crippen molar-refractivity contribution in [2.24, 2.45) is 18.9 Å². The molecule has 1 aromatic rings. The highest BCUT2D eigenvalue weighted by atomic mass is 16.5. The summed E-state index contributed by atoms with van der Waals surface area (Å²) < 4.78 is 6.80. The predicted molar refractivity (Wildman–Crippen MR) is 81.8 cm³/mol. The summed E-state index contributed by atoms with van der Waals surface area (Å²) in [6, 6.07) is 0. The summed E-state index contributed by atoms with van der Waals surface area (Å²) in [5.41, 5.74) is 1.32. The molecule has 0 fully saturated rings. The Kier molecular flexibility index (Phi) is 5.56. The first kappa shape index (κ1) is 17.7. The summed E-state index contributed by atoms with van der Waals surface area (Å²) in [7, 11) is 1.82. The van der Waals surface area contributed by atoms with E-state index >= 15 is 0 Å². The molecule has 120 valence electrons. The van der Waals surface area contributed by atoms with E-state index in [0.717, 1.165) is 5.69 Å². The maximum atomic E-state index is 12.2. The van der Waals surface area contributed by atoms with E-state index in [0.29, 0.717) is 12.2 Å². The molecule has 0 aliphatic heterocycles. The third-order valence-corrected chi connectivity index (χ3v) is 3.50. The van der Waals surface area contributed by atoms with E-state index in [1.165, 1.54) is 0 Å². The first-order valence-corrected chi connectivity index (χ1v) is 7.48. The number of aliphatic hydroxyl groups excluding tert-OH is 1. The number of aryl methyl sites for hydroxylation is 1. The van der Waals surface area contributed by atoms with Gasteiger partial charge >= 0.3 is 5.97 Å². The van der Waals surface area contributed by atoms with Crippen LogP contribution in [-0.2, 0) is 22.0 Å². The van der Waals surface area contributed by atoms with E-state index in [9.17, 15) is 9.90 Å². The van der Waals surface area contributed by atoms with Gasteiger partial charge in [0.15, 0.2) is 0 Å². The monoisotopic (exact) mass is 296 g/mol. The molecule has 0 aromatic carbocycles. The second-order valence-corrected chi connectivity index (χ2v) is 6.82. The summed E-state index contributed by atoms with van der Waals surface area (Å²) in [5, 5.41) is 15.2. The Hall–Kier alpha value is -1.36. The van der Waals surface area contributed by atoms with Crippen LogP contribution >= 0.6 is 0 Å². The Morgan fingerprint density at radius 1 is 1.43 bits per heavy atom. The molecular formula is C16H28N2O3. The van der Waals surface area contributed by atoms with Crippen LogP contribution in [0.1, 0.15) is 58.9 Å². The molecule has 1 N–H and O–H groups in total. The van der Waals surface area contributed by atoms with Crippen LogP contribution in [0.5, 0.6) is 0 Å². The summed E-state index contributed by atoms with van der Waals surface area (Å²) in [6.45, 7) is 12.0. The van der Waals surface area contributed by atoms with Gasteiger partial charge in [0, 0.05) is 24.2 Å². The molecule has 5 nitrogen and oxygen atoms in total. The number of aromatic nitrogens is 2. The van der Waals surface area contributed by atoms with Gasteiger partial charge in [-0.3, -0.25) is 9.48 Å². The second-order valence-electron chi connectivity index (χ2n) is 6.82. The van der Waals surface area contributed by atoms with Crippen molar-refractivity contribution >= 4 is 5.97 Å². The fourth-order valence-electron chi connectivity index (χ4n) is 2.50. The fraction of sp³-hybridized carbons (Fsp3) is 0.750. The van der Waals surface area contributed by atoms with Gasteiger partial charge in [-0.1, -0.05) is 34.6 Å². The van der Waals surface area contributed by atoms with E-state index in [1.54, 1.807) is 17.8 Å². The highest BCUT2D eigenvalue weighted by Crippen LogP contribution is 2.35. The first-order valence-electron chi connectivity index (χ1n) is 7.48. The molecule has 2 atom stereocenters. The average molecular weight is 296 g/mol. The number of esters is 1. The van der Waals surface area contributed by atoms with Crippen molar-refractivity contribution in [1.29, 1.82) is 0 Å². The standard InChI is InChI=1S/C16H28N2O3/c1-8-21-15(20)12(10(2)3)13(19)11-9-18(7)17-14(11)16(4,5)6/h9-10,12-13,19H,8H2,1-7H3. The van der Waals surface area contributed by atoms with Crippen molar-refractivity contribution in [3.8, 4) is 0 Å². The SMILES string of the molecule is CCOC(=O)C(C(C)C)C(O)c1cn(C)nc1C(C)(C)C. The number of ether oxygens (including phenoxy) is 1. The maximum Gasteiger partial charge on any atom is 0.312 e. The normalized spacial score (nSPS) is 15.1. The molecule has 0 amide bonds. The number of carbonyl (C=O) groups excluding carboxylic acids is 1. The molecule has 0 radical (unpaired) electrons. The van der Waals surface area contributed by atoms with Gasteiger partial charge in [0.1, 0.15) is 0 Å². The van der Waals surface area contributed by atoms with Crippen molar-refractivity contribution in [3.63, 3.8) is 0 Å². The molecule has 0 spiro atoms. The fourth-order valence-corrected chi connectivity index (χ4v) is 2.50. The van der Waals surface area contributed by atoms with E-state index < -0.39 is 12.0 Å². The zero-order valence-electron chi connectivity index (χ0n) is 14.2. The third-order valence-electron chi connectivity index (χ3n) is 3.50. The average Bonchev–Trinajstić information content (AvgIpc) is 2.71. The summed E-state index contributed by atoms with van der Waals surface area (Å²) >= 11 is 0. The molecule has 0 saturated carbocycles.